The van der Waals surface area contributed by atoms with Crippen LogP contribution in [0.25, 0.3) is 0 Å². The summed E-state index contributed by atoms with van der Waals surface area (Å²) >= 11 is 0. The van der Waals surface area contributed by atoms with Gasteiger partial charge in [0.2, 0.25) is 0 Å². The highest BCUT2D eigenvalue weighted by Gasteiger charge is 2.13. The second kappa shape index (κ2) is 5.12. The molecular formula is C12H21N3. The SMILES string of the molecule is C=CCC(Cc1c(C)nn(C)c1C)NC. The number of nitrogens with zero attached hydrogens (tertiary/aromatic N) is 2. The second-order valence-corrected chi connectivity index (χ2v) is 3.99. The summed E-state index contributed by atoms with van der Waals surface area (Å²) in [6.45, 7) is 7.97. The van der Waals surface area contributed by atoms with Gasteiger partial charge in [-0.2, -0.15) is 5.10 Å². The minimum atomic E-state index is 0.462. The van der Waals surface area contributed by atoms with E-state index in [1.807, 2.05) is 24.9 Å². The number of rotatable bonds is 5. The van der Waals surface area contributed by atoms with Gasteiger partial charge in [0.25, 0.3) is 0 Å². The maximum atomic E-state index is 4.42. The molecule has 1 heterocycles. The molecule has 0 saturated heterocycles. The Labute approximate surface area is 92.2 Å². The lowest BCUT2D eigenvalue weighted by Crippen LogP contribution is -2.27. The Morgan fingerprint density at radius 1 is 1.53 bits per heavy atom. The summed E-state index contributed by atoms with van der Waals surface area (Å²) in [6, 6.07) is 0.462. The number of nitrogens with one attached hydrogen (secondary N) is 1. The number of aromatic nitrogens is 2. The average Bonchev–Trinajstić information content (AvgIpc) is 2.44. The van der Waals surface area contributed by atoms with E-state index in [1.165, 1.54) is 11.3 Å². The Bertz CT molecular complexity index is 339. The van der Waals surface area contributed by atoms with E-state index in [-0.39, 0.29) is 0 Å². The molecule has 0 bridgehead atoms. The highest BCUT2D eigenvalue weighted by molar-refractivity contribution is 5.25. The lowest BCUT2D eigenvalue weighted by atomic mass is 10.0. The number of likely N-dealkylation sites (N-methyl/N-ethyl adjacent to an activating group) is 1. The number of hydrogen-bond acceptors (Lipinski definition) is 2. The predicted octanol–water partition coefficient (Wildman–Crippen LogP) is 1.74. The van der Waals surface area contributed by atoms with Crippen LogP contribution >= 0.6 is 0 Å². The van der Waals surface area contributed by atoms with Crippen LogP contribution in [0.2, 0.25) is 0 Å². The molecule has 1 N–H and O–H groups in total. The van der Waals surface area contributed by atoms with Crippen molar-refractivity contribution >= 4 is 0 Å². The van der Waals surface area contributed by atoms with Crippen LogP contribution in [0.3, 0.4) is 0 Å². The zero-order chi connectivity index (χ0) is 11.4. The van der Waals surface area contributed by atoms with Crippen LogP contribution in [-0.2, 0) is 13.5 Å². The minimum Gasteiger partial charge on any atom is -0.316 e. The molecule has 1 aromatic heterocycles. The summed E-state index contributed by atoms with van der Waals surface area (Å²) in [5.74, 6) is 0. The van der Waals surface area contributed by atoms with Crippen molar-refractivity contribution in [3.63, 3.8) is 0 Å². The highest BCUT2D eigenvalue weighted by Crippen LogP contribution is 2.15. The fraction of sp³-hybridized carbons (Fsp3) is 0.583. The van der Waals surface area contributed by atoms with Crippen molar-refractivity contribution in [2.24, 2.45) is 7.05 Å². The maximum absolute atomic E-state index is 4.42. The summed E-state index contributed by atoms with van der Waals surface area (Å²) in [5, 5.41) is 7.73. The fourth-order valence-electron chi connectivity index (χ4n) is 1.86. The molecule has 84 valence electrons. The molecule has 0 aliphatic rings. The molecule has 0 spiro atoms. The van der Waals surface area contributed by atoms with E-state index in [0.717, 1.165) is 18.5 Å². The van der Waals surface area contributed by atoms with Crippen LogP contribution in [0.15, 0.2) is 12.7 Å². The molecule has 3 nitrogen and oxygen atoms in total. The fourth-order valence-corrected chi connectivity index (χ4v) is 1.86. The van der Waals surface area contributed by atoms with Gasteiger partial charge in [0.15, 0.2) is 0 Å². The lowest BCUT2D eigenvalue weighted by Gasteiger charge is -2.14. The smallest absolute Gasteiger partial charge is 0.0628 e. The Morgan fingerprint density at radius 3 is 2.60 bits per heavy atom. The van der Waals surface area contributed by atoms with E-state index in [9.17, 15) is 0 Å². The van der Waals surface area contributed by atoms with Crippen LogP contribution < -0.4 is 5.32 Å². The Hall–Kier alpha value is -1.09. The molecule has 0 aromatic carbocycles. The van der Waals surface area contributed by atoms with Gasteiger partial charge >= 0.3 is 0 Å². The van der Waals surface area contributed by atoms with E-state index in [2.05, 4.69) is 30.8 Å². The molecular weight excluding hydrogens is 186 g/mol. The number of hydrogen-bond donors (Lipinski definition) is 1. The van der Waals surface area contributed by atoms with Crippen LogP contribution in [0.4, 0.5) is 0 Å². The van der Waals surface area contributed by atoms with Gasteiger partial charge in [-0.3, -0.25) is 4.68 Å². The van der Waals surface area contributed by atoms with Crippen molar-refractivity contribution in [2.75, 3.05) is 7.05 Å². The molecule has 1 atom stereocenters. The number of aryl methyl sites for hydroxylation is 2. The normalized spacial score (nSPS) is 12.8. The first-order valence-corrected chi connectivity index (χ1v) is 5.37. The van der Waals surface area contributed by atoms with Gasteiger partial charge < -0.3 is 5.32 Å². The summed E-state index contributed by atoms with van der Waals surface area (Å²) in [4.78, 5) is 0. The van der Waals surface area contributed by atoms with E-state index < -0.39 is 0 Å². The molecule has 0 radical (unpaired) electrons. The van der Waals surface area contributed by atoms with Gasteiger partial charge in [0, 0.05) is 18.8 Å². The topological polar surface area (TPSA) is 29.9 Å². The van der Waals surface area contributed by atoms with Crippen molar-refractivity contribution in [3.05, 3.63) is 29.6 Å². The van der Waals surface area contributed by atoms with Crippen LogP contribution in [0, 0.1) is 13.8 Å². The third kappa shape index (κ3) is 2.69. The zero-order valence-corrected chi connectivity index (χ0v) is 10.2. The average molecular weight is 207 g/mol. The first-order valence-electron chi connectivity index (χ1n) is 5.37. The maximum Gasteiger partial charge on any atom is 0.0628 e. The van der Waals surface area contributed by atoms with Gasteiger partial charge in [-0.1, -0.05) is 6.08 Å². The van der Waals surface area contributed by atoms with E-state index in [4.69, 9.17) is 0 Å². The molecule has 0 aliphatic heterocycles. The summed E-state index contributed by atoms with van der Waals surface area (Å²) in [6.07, 6.45) is 3.97. The van der Waals surface area contributed by atoms with Crippen LogP contribution in [0.5, 0.6) is 0 Å². The third-order valence-corrected chi connectivity index (χ3v) is 2.97. The van der Waals surface area contributed by atoms with Gasteiger partial charge in [-0.15, -0.1) is 6.58 Å². The first-order chi connectivity index (χ1) is 7.10. The van der Waals surface area contributed by atoms with E-state index >= 15 is 0 Å². The van der Waals surface area contributed by atoms with Gasteiger partial charge in [-0.25, -0.2) is 0 Å². The summed E-state index contributed by atoms with van der Waals surface area (Å²) < 4.78 is 1.95. The van der Waals surface area contributed by atoms with E-state index in [1.54, 1.807) is 0 Å². The van der Waals surface area contributed by atoms with Crippen molar-refractivity contribution < 1.29 is 0 Å². The lowest BCUT2D eigenvalue weighted by molar-refractivity contribution is 0.563. The molecule has 1 rings (SSSR count). The quantitative estimate of drug-likeness (QED) is 0.745. The second-order valence-electron chi connectivity index (χ2n) is 3.99. The zero-order valence-electron chi connectivity index (χ0n) is 10.2. The molecule has 0 saturated carbocycles. The Morgan fingerprint density at radius 2 is 2.20 bits per heavy atom. The van der Waals surface area contributed by atoms with E-state index in [0.29, 0.717) is 6.04 Å². The van der Waals surface area contributed by atoms with Gasteiger partial charge in [0.1, 0.15) is 0 Å². The molecule has 3 heteroatoms. The summed E-state index contributed by atoms with van der Waals surface area (Å²) in [5.41, 5.74) is 3.76. The standard InChI is InChI=1S/C12H21N3/c1-6-7-11(13-4)8-12-9(2)14-15(5)10(12)3/h6,11,13H,1,7-8H2,2-5H3. The van der Waals surface area contributed by atoms with Crippen molar-refractivity contribution in [2.45, 2.75) is 32.7 Å². The Kier molecular flexibility index (Phi) is 4.09. The van der Waals surface area contributed by atoms with Crippen molar-refractivity contribution in [1.29, 1.82) is 0 Å². The molecule has 0 aliphatic carbocycles. The van der Waals surface area contributed by atoms with Crippen LogP contribution in [0.1, 0.15) is 23.4 Å². The molecule has 0 amide bonds. The summed E-state index contributed by atoms with van der Waals surface area (Å²) in [7, 11) is 3.99. The van der Waals surface area contributed by atoms with Crippen molar-refractivity contribution in [1.82, 2.24) is 15.1 Å². The first kappa shape index (κ1) is 12.0. The Balaban J connectivity index is 2.82. The largest absolute Gasteiger partial charge is 0.316 e. The van der Waals surface area contributed by atoms with Gasteiger partial charge in [0.05, 0.1) is 5.69 Å². The molecule has 0 fully saturated rings. The molecule has 1 unspecified atom stereocenters. The third-order valence-electron chi connectivity index (χ3n) is 2.97. The van der Waals surface area contributed by atoms with Gasteiger partial charge in [-0.05, 0) is 39.3 Å². The minimum absolute atomic E-state index is 0.462. The highest BCUT2D eigenvalue weighted by atomic mass is 15.3. The monoisotopic (exact) mass is 207 g/mol. The molecule has 1 aromatic rings. The van der Waals surface area contributed by atoms with Crippen molar-refractivity contribution in [3.8, 4) is 0 Å². The predicted molar refractivity (Wildman–Crippen MR) is 64.0 cm³/mol. The van der Waals surface area contributed by atoms with Crippen LogP contribution in [-0.4, -0.2) is 22.9 Å². The molecule has 15 heavy (non-hydrogen) atoms.